The van der Waals surface area contributed by atoms with E-state index in [1.807, 2.05) is 0 Å². The Morgan fingerprint density at radius 3 is 2.76 bits per heavy atom. The van der Waals surface area contributed by atoms with Gasteiger partial charge in [0.05, 0.1) is 23.1 Å². The summed E-state index contributed by atoms with van der Waals surface area (Å²) in [5.41, 5.74) is 0.917. The van der Waals surface area contributed by atoms with E-state index in [0.717, 1.165) is 4.57 Å². The summed E-state index contributed by atoms with van der Waals surface area (Å²) < 4.78 is 34.2. The molecular weight excluding hydrogens is 332 g/mol. The molecular formula is C16H11F2N5O2. The fourth-order valence-electron chi connectivity index (χ4n) is 2.66. The second-order valence-corrected chi connectivity index (χ2v) is 5.29. The van der Waals surface area contributed by atoms with Crippen LogP contribution in [0.1, 0.15) is 12.4 Å². The summed E-state index contributed by atoms with van der Waals surface area (Å²) in [6.45, 7) is -2.88. The molecule has 3 heterocycles. The highest BCUT2D eigenvalue weighted by molar-refractivity contribution is 5.76. The lowest BCUT2D eigenvalue weighted by atomic mass is 10.3. The van der Waals surface area contributed by atoms with Crippen molar-refractivity contribution in [2.45, 2.75) is 13.1 Å². The molecule has 0 spiro atoms. The maximum absolute atomic E-state index is 13.5. The Labute approximate surface area is 139 Å². The van der Waals surface area contributed by atoms with Gasteiger partial charge in [-0.3, -0.25) is 9.36 Å². The van der Waals surface area contributed by atoms with Gasteiger partial charge in [0.2, 0.25) is 12.3 Å². The van der Waals surface area contributed by atoms with Crippen LogP contribution in [0.25, 0.3) is 22.5 Å². The van der Waals surface area contributed by atoms with E-state index in [9.17, 15) is 13.6 Å². The van der Waals surface area contributed by atoms with E-state index < -0.39 is 6.55 Å². The van der Waals surface area contributed by atoms with E-state index in [-0.39, 0.29) is 23.8 Å². The molecule has 0 bridgehead atoms. The Kier molecular flexibility index (Phi) is 3.60. The van der Waals surface area contributed by atoms with Gasteiger partial charge in [0.25, 0.3) is 5.56 Å². The summed E-state index contributed by atoms with van der Waals surface area (Å²) in [6.07, 6.45) is 2.64. The van der Waals surface area contributed by atoms with Crippen molar-refractivity contribution in [1.82, 2.24) is 24.3 Å². The van der Waals surface area contributed by atoms with Crippen molar-refractivity contribution in [3.8, 4) is 11.5 Å². The minimum absolute atomic E-state index is 0.0842. The van der Waals surface area contributed by atoms with Crippen LogP contribution in [0.2, 0.25) is 0 Å². The number of alkyl halides is 2. The molecule has 4 aromatic rings. The van der Waals surface area contributed by atoms with Crippen molar-refractivity contribution in [1.29, 1.82) is 0 Å². The second kappa shape index (κ2) is 5.93. The Morgan fingerprint density at radius 2 is 2.00 bits per heavy atom. The Hall–Kier alpha value is -3.36. The van der Waals surface area contributed by atoms with Crippen molar-refractivity contribution < 1.29 is 13.2 Å². The molecule has 0 unspecified atom stereocenters. The number of halogens is 2. The number of imidazole rings is 1. The third kappa shape index (κ3) is 2.69. The molecule has 0 saturated carbocycles. The highest BCUT2D eigenvalue weighted by Gasteiger charge is 2.18. The zero-order valence-corrected chi connectivity index (χ0v) is 12.7. The highest BCUT2D eigenvalue weighted by atomic mass is 19.3. The van der Waals surface area contributed by atoms with Crippen LogP contribution in [0.3, 0.4) is 0 Å². The summed E-state index contributed by atoms with van der Waals surface area (Å²) in [5, 5.41) is 7.35. The number of hydrogen-bond acceptors (Lipinski definition) is 5. The molecule has 9 heteroatoms. The number of para-hydroxylation sites is 2. The van der Waals surface area contributed by atoms with Gasteiger partial charge < -0.3 is 8.98 Å². The van der Waals surface area contributed by atoms with Crippen molar-refractivity contribution in [3.05, 3.63) is 65.2 Å². The van der Waals surface area contributed by atoms with Crippen LogP contribution in [0.5, 0.6) is 0 Å². The second-order valence-electron chi connectivity index (χ2n) is 5.29. The maximum Gasteiger partial charge on any atom is 0.320 e. The van der Waals surface area contributed by atoms with Crippen LogP contribution < -0.4 is 5.56 Å². The van der Waals surface area contributed by atoms with Crippen molar-refractivity contribution in [3.63, 3.8) is 0 Å². The van der Waals surface area contributed by atoms with Crippen molar-refractivity contribution in [2.24, 2.45) is 0 Å². The molecule has 0 N–H and O–H groups in total. The van der Waals surface area contributed by atoms with Gasteiger partial charge >= 0.3 is 6.55 Å². The molecule has 0 aliphatic carbocycles. The van der Waals surface area contributed by atoms with Gasteiger partial charge in [0, 0.05) is 12.3 Å². The summed E-state index contributed by atoms with van der Waals surface area (Å²) >= 11 is 0. The number of fused-ring (bicyclic) bond motifs is 1. The lowest BCUT2D eigenvalue weighted by molar-refractivity contribution is 0.0711. The fraction of sp³-hybridized carbons (Fsp3) is 0.125. The lowest BCUT2D eigenvalue weighted by Crippen LogP contribution is -2.21. The number of nitrogens with zero attached hydrogens (tertiary/aromatic N) is 5. The van der Waals surface area contributed by atoms with Gasteiger partial charge in [-0.05, 0) is 18.2 Å². The number of pyridine rings is 1. The number of aromatic nitrogens is 5. The first kappa shape index (κ1) is 15.2. The first-order valence-corrected chi connectivity index (χ1v) is 7.34. The van der Waals surface area contributed by atoms with E-state index in [1.165, 1.54) is 29.3 Å². The molecule has 3 aromatic heterocycles. The van der Waals surface area contributed by atoms with E-state index in [0.29, 0.717) is 16.6 Å². The standard InChI is InChI=1S/C16H11F2N5O2/c17-16(18)23-12-4-2-1-3-11(12)20-13(23)8-22-7-10(5-6-14(22)24)15-21-19-9-25-15/h1-7,9,16H,8H2. The van der Waals surface area contributed by atoms with Gasteiger partial charge in [0.1, 0.15) is 5.82 Å². The van der Waals surface area contributed by atoms with Crippen LogP contribution in [-0.4, -0.2) is 24.3 Å². The number of rotatable bonds is 4. The molecule has 0 fully saturated rings. The third-order valence-corrected chi connectivity index (χ3v) is 3.77. The van der Waals surface area contributed by atoms with Crippen LogP contribution in [0.4, 0.5) is 8.78 Å². The maximum atomic E-state index is 13.5. The summed E-state index contributed by atoms with van der Waals surface area (Å²) in [6, 6.07) is 9.44. The number of benzene rings is 1. The quantitative estimate of drug-likeness (QED) is 0.569. The zero-order chi connectivity index (χ0) is 17.4. The van der Waals surface area contributed by atoms with Gasteiger partial charge in [-0.1, -0.05) is 12.1 Å². The Morgan fingerprint density at radius 1 is 1.16 bits per heavy atom. The normalized spacial score (nSPS) is 11.5. The predicted molar refractivity (Wildman–Crippen MR) is 84.1 cm³/mol. The first-order chi connectivity index (χ1) is 12.1. The summed E-state index contributed by atoms with van der Waals surface area (Å²) in [5.74, 6) is 0.317. The van der Waals surface area contributed by atoms with Crippen LogP contribution in [0.15, 0.2) is 58.2 Å². The molecule has 0 amide bonds. The van der Waals surface area contributed by atoms with Gasteiger partial charge in [-0.25, -0.2) is 4.98 Å². The zero-order valence-electron chi connectivity index (χ0n) is 12.7. The summed E-state index contributed by atoms with van der Waals surface area (Å²) in [4.78, 5) is 16.3. The smallest absolute Gasteiger partial charge is 0.320 e. The highest BCUT2D eigenvalue weighted by Crippen LogP contribution is 2.23. The average Bonchev–Trinajstić information content (AvgIpc) is 3.24. The number of hydrogen-bond donors (Lipinski definition) is 0. The molecule has 25 heavy (non-hydrogen) atoms. The van der Waals surface area contributed by atoms with Gasteiger partial charge in [-0.2, -0.15) is 8.78 Å². The molecule has 0 atom stereocenters. The monoisotopic (exact) mass is 343 g/mol. The van der Waals surface area contributed by atoms with E-state index in [4.69, 9.17) is 4.42 Å². The Balaban J connectivity index is 1.80. The molecule has 1 aromatic carbocycles. The van der Waals surface area contributed by atoms with Crippen LogP contribution >= 0.6 is 0 Å². The molecule has 7 nitrogen and oxygen atoms in total. The molecule has 4 rings (SSSR count). The molecule has 0 aliphatic rings. The first-order valence-electron chi connectivity index (χ1n) is 7.34. The largest absolute Gasteiger partial charge is 0.423 e. The molecule has 126 valence electrons. The molecule has 0 aliphatic heterocycles. The summed E-state index contributed by atoms with van der Waals surface area (Å²) in [7, 11) is 0. The van der Waals surface area contributed by atoms with Crippen molar-refractivity contribution in [2.75, 3.05) is 0 Å². The minimum Gasteiger partial charge on any atom is -0.423 e. The van der Waals surface area contributed by atoms with Gasteiger partial charge in [0.15, 0.2) is 0 Å². The minimum atomic E-state index is -2.77. The lowest BCUT2D eigenvalue weighted by Gasteiger charge is -2.10. The SMILES string of the molecule is O=c1ccc(-c2nnco2)cn1Cc1nc2ccccc2n1C(F)F. The Bertz CT molecular complexity index is 1090. The predicted octanol–water partition coefficient (Wildman–Crippen LogP) is 2.69. The average molecular weight is 343 g/mol. The van der Waals surface area contributed by atoms with E-state index in [2.05, 4.69) is 15.2 Å². The topological polar surface area (TPSA) is 78.7 Å². The van der Waals surface area contributed by atoms with Crippen molar-refractivity contribution >= 4 is 11.0 Å². The van der Waals surface area contributed by atoms with Crippen LogP contribution in [-0.2, 0) is 6.54 Å². The van der Waals surface area contributed by atoms with E-state index in [1.54, 1.807) is 24.3 Å². The third-order valence-electron chi connectivity index (χ3n) is 3.77. The van der Waals surface area contributed by atoms with Gasteiger partial charge in [-0.15, -0.1) is 10.2 Å². The molecule has 0 radical (unpaired) electrons. The molecule has 0 saturated heterocycles. The van der Waals surface area contributed by atoms with Crippen LogP contribution in [0, 0.1) is 0 Å². The fourth-order valence-corrected chi connectivity index (χ4v) is 2.66. The van der Waals surface area contributed by atoms with E-state index >= 15 is 0 Å².